The van der Waals surface area contributed by atoms with Crippen molar-refractivity contribution in [1.29, 1.82) is 0 Å². The van der Waals surface area contributed by atoms with Gasteiger partial charge in [0.2, 0.25) is 0 Å². The van der Waals surface area contributed by atoms with Gasteiger partial charge in [-0.2, -0.15) is 8.78 Å². The molecule has 0 amide bonds. The van der Waals surface area contributed by atoms with Gasteiger partial charge >= 0.3 is 23.2 Å². The minimum Gasteiger partial charge on any atom is -0.743 e. The predicted molar refractivity (Wildman–Crippen MR) is 172 cm³/mol. The first-order valence-corrected chi connectivity index (χ1v) is 17.1. The van der Waals surface area contributed by atoms with Gasteiger partial charge in [0, 0.05) is 15.4 Å². The first-order valence-electron chi connectivity index (χ1n) is 13.5. The summed E-state index contributed by atoms with van der Waals surface area (Å²) in [5.41, 5.74) is 2.10. The maximum absolute atomic E-state index is 14.3. The molecule has 0 fully saturated rings. The highest BCUT2D eigenvalue weighted by atomic mass is 127. The zero-order chi connectivity index (χ0) is 33.1. The molecule has 0 spiro atoms. The van der Waals surface area contributed by atoms with Gasteiger partial charge in [0.25, 0.3) is 0 Å². The molecule has 3 aliphatic carbocycles. The summed E-state index contributed by atoms with van der Waals surface area (Å²) >= 11 is 3.64. The second kappa shape index (κ2) is 12.2. The van der Waals surface area contributed by atoms with E-state index in [9.17, 15) is 36.1 Å². The number of alkyl halides is 2. The summed E-state index contributed by atoms with van der Waals surface area (Å²) < 4.78 is 77.1. The van der Waals surface area contributed by atoms with E-state index in [2.05, 4.69) is 4.74 Å². The van der Waals surface area contributed by atoms with E-state index in [0.29, 0.717) is 3.57 Å². The van der Waals surface area contributed by atoms with Gasteiger partial charge in [0.1, 0.15) is 11.2 Å². The molecule has 9 nitrogen and oxygen atoms in total. The summed E-state index contributed by atoms with van der Waals surface area (Å²) in [5.74, 6) is -6.54. The molecule has 238 valence electrons. The van der Waals surface area contributed by atoms with Crippen molar-refractivity contribution in [1.82, 2.24) is 0 Å². The van der Waals surface area contributed by atoms with E-state index in [-0.39, 0.29) is 9.32 Å². The monoisotopic (exact) mass is 865 g/mol. The molecule has 14 heteroatoms. The number of hydrogen-bond donors (Lipinski definition) is 0. The highest BCUT2D eigenvalue weighted by Gasteiger charge is 2.57. The molecule has 0 aliphatic heterocycles. The van der Waals surface area contributed by atoms with E-state index in [4.69, 9.17) is 9.47 Å². The lowest BCUT2D eigenvalue weighted by atomic mass is 9.54. The van der Waals surface area contributed by atoms with Crippen molar-refractivity contribution in [3.05, 3.63) is 95.6 Å². The zero-order valence-electron chi connectivity index (χ0n) is 23.9. The molecule has 2 bridgehead atoms. The SMILES string of the molecule is CC(C)(C)OC(=O)C1C2c3ccccc3C(c3ccccc32)C1C(=O)Oc1c(I)cc(I)cc1C(=O)OCC(F)(F)S(=O)(=O)[O-]. The fraction of sp³-hybridized carbons (Fsp3) is 0.323. The Morgan fingerprint density at radius 1 is 0.844 bits per heavy atom. The molecule has 0 aromatic heterocycles. The van der Waals surface area contributed by atoms with Crippen LogP contribution >= 0.6 is 45.2 Å². The molecule has 0 saturated heterocycles. The number of carbonyl (C=O) groups is 3. The van der Waals surface area contributed by atoms with Crippen molar-refractivity contribution in [2.45, 2.75) is 43.5 Å². The third-order valence-corrected chi connectivity index (χ3v) is 9.83. The van der Waals surface area contributed by atoms with Crippen molar-refractivity contribution >= 4 is 73.2 Å². The van der Waals surface area contributed by atoms with E-state index in [1.807, 2.05) is 71.1 Å². The second-order valence-corrected chi connectivity index (χ2v) is 15.6. The van der Waals surface area contributed by atoms with E-state index >= 15 is 0 Å². The first kappa shape index (κ1) is 33.7. The average molecular weight is 865 g/mol. The zero-order valence-corrected chi connectivity index (χ0v) is 29.0. The molecule has 6 rings (SSSR count). The summed E-state index contributed by atoms with van der Waals surface area (Å²) in [6.45, 7) is 3.12. The van der Waals surface area contributed by atoms with Gasteiger partial charge in [-0.15, -0.1) is 0 Å². The fourth-order valence-electron chi connectivity index (χ4n) is 5.90. The molecular formula is C31H25F2I2O9S-. The molecule has 3 aromatic rings. The van der Waals surface area contributed by atoms with Crippen molar-refractivity contribution < 1.29 is 50.3 Å². The average Bonchev–Trinajstić information content (AvgIpc) is 2.95. The minimum absolute atomic E-state index is 0.235. The number of ether oxygens (including phenoxy) is 3. The van der Waals surface area contributed by atoms with Gasteiger partial charge in [0.15, 0.2) is 22.5 Å². The summed E-state index contributed by atoms with van der Waals surface area (Å²) in [5, 5.41) is -4.88. The normalized spacial score (nSPS) is 20.5. The topological polar surface area (TPSA) is 136 Å². The van der Waals surface area contributed by atoms with Gasteiger partial charge in [-0.3, -0.25) is 9.59 Å². The lowest BCUT2D eigenvalue weighted by molar-refractivity contribution is -0.168. The van der Waals surface area contributed by atoms with Crippen LogP contribution in [0, 0.1) is 19.0 Å². The number of fused-ring (bicyclic) bond motifs is 1. The Bertz CT molecular complexity index is 1770. The maximum Gasteiger partial charge on any atom is 0.367 e. The van der Waals surface area contributed by atoms with E-state index < -0.39 is 74.7 Å². The number of esters is 3. The van der Waals surface area contributed by atoms with Crippen LogP contribution in [0.2, 0.25) is 0 Å². The number of halogens is 4. The highest BCUT2D eigenvalue weighted by molar-refractivity contribution is 14.1. The van der Waals surface area contributed by atoms with Gasteiger partial charge in [-0.1, -0.05) is 48.5 Å². The number of rotatable bonds is 7. The molecular weight excluding hydrogens is 840 g/mol. The van der Waals surface area contributed by atoms with E-state index in [1.54, 1.807) is 49.4 Å². The van der Waals surface area contributed by atoms with Crippen LogP contribution in [0.15, 0.2) is 60.7 Å². The van der Waals surface area contributed by atoms with Crippen LogP contribution in [0.4, 0.5) is 8.78 Å². The maximum atomic E-state index is 14.3. The Kier molecular flexibility index (Phi) is 9.09. The van der Waals surface area contributed by atoms with E-state index in [1.165, 1.54) is 6.07 Å². The molecule has 0 saturated carbocycles. The Morgan fingerprint density at radius 3 is 1.76 bits per heavy atom. The third-order valence-electron chi connectivity index (χ3n) is 7.56. The third kappa shape index (κ3) is 6.47. The summed E-state index contributed by atoms with van der Waals surface area (Å²) in [6, 6.07) is 17.7. The van der Waals surface area contributed by atoms with Gasteiger partial charge in [-0.25, -0.2) is 13.2 Å². The quantitative estimate of drug-likeness (QED) is 0.122. The predicted octanol–water partition coefficient (Wildman–Crippen LogP) is 5.96. The van der Waals surface area contributed by atoms with Crippen molar-refractivity contribution in [3.8, 4) is 5.75 Å². The van der Waals surface area contributed by atoms with Crippen LogP contribution in [-0.4, -0.2) is 48.3 Å². The van der Waals surface area contributed by atoms with E-state index in [0.717, 1.165) is 22.3 Å². The van der Waals surface area contributed by atoms with Gasteiger partial charge in [0.05, 0.1) is 15.4 Å². The van der Waals surface area contributed by atoms with Crippen LogP contribution in [0.5, 0.6) is 5.75 Å². The Hall–Kier alpha value is -2.70. The summed E-state index contributed by atoms with van der Waals surface area (Å²) in [6.07, 6.45) is 0. The number of hydrogen-bond acceptors (Lipinski definition) is 9. The lowest BCUT2D eigenvalue weighted by Gasteiger charge is -2.48. The van der Waals surface area contributed by atoms with Crippen LogP contribution < -0.4 is 4.74 Å². The molecule has 2 unspecified atom stereocenters. The van der Waals surface area contributed by atoms with Crippen molar-refractivity contribution in [3.63, 3.8) is 0 Å². The minimum atomic E-state index is -6.11. The Labute approximate surface area is 285 Å². The molecule has 3 aliphatic rings. The highest BCUT2D eigenvalue weighted by Crippen LogP contribution is 2.59. The smallest absolute Gasteiger partial charge is 0.367 e. The van der Waals surface area contributed by atoms with Crippen molar-refractivity contribution in [2.75, 3.05) is 6.61 Å². The number of carbonyl (C=O) groups excluding carboxylic acids is 3. The van der Waals surface area contributed by atoms with Crippen LogP contribution in [0.25, 0.3) is 0 Å². The van der Waals surface area contributed by atoms with Crippen molar-refractivity contribution in [2.24, 2.45) is 11.8 Å². The standard InChI is InChI=1S/C31H26F2I2O9S/c1-30(2,3)44-29(38)25-23-18-10-6-4-8-16(18)22(17-9-5-7-11-19(17)23)24(25)28(37)43-26-20(12-15(34)13-21(26)35)27(36)42-14-31(32,33)45(39,40)41/h4-13,22-25H,14H2,1-3H3,(H,39,40,41)/p-1. The molecule has 45 heavy (non-hydrogen) atoms. The van der Waals surface area contributed by atoms with Crippen LogP contribution in [0.1, 0.15) is 65.2 Å². The molecule has 2 atom stereocenters. The summed E-state index contributed by atoms with van der Waals surface area (Å²) in [4.78, 5) is 41.1. The molecule has 3 aromatic carbocycles. The Morgan fingerprint density at radius 2 is 1.31 bits per heavy atom. The first-order chi connectivity index (χ1) is 20.9. The molecule has 0 heterocycles. The van der Waals surface area contributed by atoms with Crippen LogP contribution in [0.3, 0.4) is 0 Å². The van der Waals surface area contributed by atoms with Crippen LogP contribution in [-0.2, 0) is 29.2 Å². The van der Waals surface area contributed by atoms with Gasteiger partial charge < -0.3 is 18.8 Å². The largest absolute Gasteiger partial charge is 0.743 e. The lowest BCUT2D eigenvalue weighted by Crippen LogP contribution is -2.49. The fourth-order valence-corrected chi connectivity index (χ4v) is 8.06. The summed E-state index contributed by atoms with van der Waals surface area (Å²) in [7, 11) is -6.11. The van der Waals surface area contributed by atoms with Gasteiger partial charge in [-0.05, 0) is 100 Å². The Balaban J connectivity index is 1.58. The number of benzene rings is 3. The molecule has 0 radical (unpaired) electrons. The second-order valence-electron chi connectivity index (χ2n) is 11.7. The molecule has 0 N–H and O–H groups in total.